The minimum atomic E-state index is -2.70. The average Bonchev–Trinajstić information content (AvgIpc) is 3.14. The van der Waals surface area contributed by atoms with Gasteiger partial charge in [-0.15, -0.1) is 0 Å². The summed E-state index contributed by atoms with van der Waals surface area (Å²) in [5, 5.41) is 9.50. The number of alkyl halides is 2. The van der Waals surface area contributed by atoms with Crippen molar-refractivity contribution in [3.8, 4) is 11.1 Å². The Balaban J connectivity index is 1.68. The molecule has 0 unspecified atom stereocenters. The van der Waals surface area contributed by atoms with Crippen molar-refractivity contribution in [3.63, 3.8) is 0 Å². The van der Waals surface area contributed by atoms with Crippen LogP contribution in [0.2, 0.25) is 0 Å². The van der Waals surface area contributed by atoms with Crippen LogP contribution in [0.1, 0.15) is 85.6 Å². The molecule has 1 saturated carbocycles. The molecule has 5 nitrogen and oxygen atoms in total. The maximum Gasteiger partial charge on any atom is 0.336 e. The number of unbranched alkanes of at least 4 members (excludes halogenated alkanes) is 1. The van der Waals surface area contributed by atoms with Crippen molar-refractivity contribution in [2.45, 2.75) is 77.8 Å². The number of halogens is 2. The molecule has 0 radical (unpaired) electrons. The molecule has 0 atom stereocenters. The van der Waals surface area contributed by atoms with E-state index in [1.165, 1.54) is 15.6 Å². The molecule has 2 aromatic carbocycles. The monoisotopic (exact) mass is 496 g/mol. The lowest BCUT2D eigenvalue weighted by Crippen LogP contribution is -2.29. The summed E-state index contributed by atoms with van der Waals surface area (Å²) in [6.45, 7) is 2.57. The number of hydrogen-bond acceptors (Lipinski definition) is 2. The largest absolute Gasteiger partial charge is 0.478 e. The van der Waals surface area contributed by atoms with E-state index in [-0.39, 0.29) is 29.4 Å². The van der Waals surface area contributed by atoms with Crippen LogP contribution in [0, 0.1) is 5.92 Å². The first kappa shape index (κ1) is 25.9. The van der Waals surface area contributed by atoms with Gasteiger partial charge in [-0.1, -0.05) is 75.1 Å². The minimum Gasteiger partial charge on any atom is -0.478 e. The van der Waals surface area contributed by atoms with Gasteiger partial charge in [0.25, 0.3) is 6.43 Å². The van der Waals surface area contributed by atoms with E-state index in [1.54, 1.807) is 24.3 Å². The Morgan fingerprint density at radius 2 is 1.72 bits per heavy atom. The highest BCUT2D eigenvalue weighted by atomic mass is 19.3. The summed E-state index contributed by atoms with van der Waals surface area (Å²) in [5.74, 6) is -0.738. The number of aromatic nitrogens is 2. The molecule has 0 saturated heterocycles. The summed E-state index contributed by atoms with van der Waals surface area (Å²) in [7, 11) is 0. The predicted octanol–water partition coefficient (Wildman–Crippen LogP) is 6.92. The number of imidazole rings is 1. The number of aromatic carboxylic acids is 1. The van der Waals surface area contributed by atoms with Gasteiger partial charge in [-0.3, -0.25) is 9.13 Å². The van der Waals surface area contributed by atoms with Gasteiger partial charge in [0.15, 0.2) is 0 Å². The van der Waals surface area contributed by atoms with E-state index < -0.39 is 12.4 Å². The molecule has 3 aromatic rings. The second-order valence-electron chi connectivity index (χ2n) is 9.77. The first-order valence-corrected chi connectivity index (χ1v) is 12.9. The molecule has 0 amide bonds. The highest BCUT2D eigenvalue weighted by molar-refractivity contribution is 5.95. The number of carbonyl (C=O) groups is 1. The zero-order chi connectivity index (χ0) is 25.7. The molecule has 1 aromatic heterocycles. The Kier molecular flexibility index (Phi) is 8.39. The van der Waals surface area contributed by atoms with E-state index in [2.05, 4.69) is 0 Å². The number of carboxylic acids is 1. The van der Waals surface area contributed by atoms with Crippen LogP contribution >= 0.6 is 0 Å². The van der Waals surface area contributed by atoms with Crippen LogP contribution in [-0.4, -0.2) is 20.2 Å². The van der Waals surface area contributed by atoms with Crippen molar-refractivity contribution < 1.29 is 18.7 Å². The number of hydrogen-bond donors (Lipinski definition) is 1. The molecule has 4 rings (SSSR count). The van der Waals surface area contributed by atoms with Crippen molar-refractivity contribution in [2.24, 2.45) is 5.92 Å². The van der Waals surface area contributed by atoms with E-state index in [4.69, 9.17) is 0 Å². The number of nitrogens with zero attached hydrogens (tertiary/aromatic N) is 2. The molecule has 1 aliphatic carbocycles. The predicted molar refractivity (Wildman–Crippen MR) is 137 cm³/mol. The quantitative estimate of drug-likeness (QED) is 0.331. The van der Waals surface area contributed by atoms with Crippen LogP contribution in [0.5, 0.6) is 0 Å². The summed E-state index contributed by atoms with van der Waals surface area (Å²) >= 11 is 0. The number of carboxylic acid groups (broad SMARTS) is 1. The highest BCUT2D eigenvalue weighted by Crippen LogP contribution is 2.30. The first-order valence-electron chi connectivity index (χ1n) is 12.9. The van der Waals surface area contributed by atoms with Gasteiger partial charge >= 0.3 is 11.7 Å². The first-order chi connectivity index (χ1) is 17.4. The Morgan fingerprint density at radius 3 is 2.36 bits per heavy atom. The lowest BCUT2D eigenvalue weighted by molar-refractivity contribution is 0.0697. The molecule has 0 aliphatic heterocycles. The van der Waals surface area contributed by atoms with Gasteiger partial charge in [0.05, 0.1) is 12.1 Å². The van der Waals surface area contributed by atoms with E-state index >= 15 is 0 Å². The SMILES string of the molecule is CCCCc1c(C(F)F)n(CC2CCCCC2)c(=O)n1Cc1ccc(-c2ccccc2C(=O)O)cc1. The fraction of sp³-hybridized carbons (Fsp3) is 0.448. The normalized spacial score (nSPS) is 14.4. The Bertz CT molecular complexity index is 1240. The zero-order valence-electron chi connectivity index (χ0n) is 20.8. The van der Waals surface area contributed by atoms with Crippen LogP contribution in [0.3, 0.4) is 0 Å². The van der Waals surface area contributed by atoms with Gasteiger partial charge in [-0.05, 0) is 54.4 Å². The third-order valence-electron chi connectivity index (χ3n) is 7.28. The number of benzene rings is 2. The topological polar surface area (TPSA) is 64.2 Å². The van der Waals surface area contributed by atoms with Gasteiger partial charge in [0.2, 0.25) is 0 Å². The minimum absolute atomic E-state index is 0.119. The van der Waals surface area contributed by atoms with Gasteiger partial charge in [-0.2, -0.15) is 0 Å². The molecule has 1 N–H and O–H groups in total. The molecule has 1 heterocycles. The molecule has 7 heteroatoms. The van der Waals surface area contributed by atoms with E-state index in [0.29, 0.717) is 24.2 Å². The summed E-state index contributed by atoms with van der Waals surface area (Å²) < 4.78 is 31.5. The average molecular weight is 497 g/mol. The summed E-state index contributed by atoms with van der Waals surface area (Å²) in [4.78, 5) is 25.1. The van der Waals surface area contributed by atoms with Gasteiger partial charge in [0.1, 0.15) is 5.69 Å². The smallest absolute Gasteiger partial charge is 0.336 e. The van der Waals surface area contributed by atoms with Crippen molar-refractivity contribution in [1.82, 2.24) is 9.13 Å². The van der Waals surface area contributed by atoms with E-state index in [9.17, 15) is 23.5 Å². The van der Waals surface area contributed by atoms with Crippen molar-refractivity contribution in [3.05, 3.63) is 81.5 Å². The van der Waals surface area contributed by atoms with E-state index in [1.807, 2.05) is 31.2 Å². The van der Waals surface area contributed by atoms with Crippen molar-refractivity contribution in [1.29, 1.82) is 0 Å². The van der Waals surface area contributed by atoms with Gasteiger partial charge in [-0.25, -0.2) is 18.4 Å². The van der Waals surface area contributed by atoms with Gasteiger partial charge < -0.3 is 5.11 Å². The molecule has 0 spiro atoms. The third kappa shape index (κ3) is 5.61. The van der Waals surface area contributed by atoms with Crippen molar-refractivity contribution in [2.75, 3.05) is 0 Å². The number of rotatable bonds is 10. The lowest BCUT2D eigenvalue weighted by Gasteiger charge is -2.22. The second kappa shape index (κ2) is 11.7. The second-order valence-corrected chi connectivity index (χ2v) is 9.77. The molecule has 1 fully saturated rings. The molecule has 1 aliphatic rings. The Hall–Kier alpha value is -3.22. The highest BCUT2D eigenvalue weighted by Gasteiger charge is 2.28. The maximum atomic E-state index is 14.3. The Morgan fingerprint density at radius 1 is 1.03 bits per heavy atom. The lowest BCUT2D eigenvalue weighted by atomic mass is 9.89. The molecular weight excluding hydrogens is 462 g/mol. The standard InChI is InChI=1S/C29H34F2N2O3/c1-2-3-13-25-26(27(30)31)33(19-20-9-5-4-6-10-20)29(36)32(25)18-21-14-16-22(17-15-21)23-11-7-8-12-24(23)28(34)35/h7-8,11-12,14-17,20,27H,2-6,9-10,13,18-19H2,1H3,(H,34,35). The van der Waals surface area contributed by atoms with Crippen LogP contribution in [-0.2, 0) is 19.5 Å². The Labute approximate surface area is 210 Å². The van der Waals surface area contributed by atoms with E-state index in [0.717, 1.165) is 49.7 Å². The fourth-order valence-electron chi connectivity index (χ4n) is 5.37. The molecular formula is C29H34F2N2O3. The van der Waals surface area contributed by atoms with Gasteiger partial charge in [0, 0.05) is 12.2 Å². The van der Waals surface area contributed by atoms with Crippen molar-refractivity contribution >= 4 is 5.97 Å². The third-order valence-corrected chi connectivity index (χ3v) is 7.28. The summed E-state index contributed by atoms with van der Waals surface area (Å²) in [5.41, 5.74) is 2.34. The molecule has 0 bridgehead atoms. The molecule has 36 heavy (non-hydrogen) atoms. The summed E-state index contributed by atoms with van der Waals surface area (Å²) in [6, 6.07) is 14.1. The van der Waals surface area contributed by atoms with Crippen LogP contribution in [0.25, 0.3) is 11.1 Å². The van der Waals surface area contributed by atoms with Crippen LogP contribution in [0.4, 0.5) is 8.78 Å². The fourth-order valence-corrected chi connectivity index (χ4v) is 5.37. The van der Waals surface area contributed by atoms with Crippen LogP contribution in [0.15, 0.2) is 53.3 Å². The maximum absolute atomic E-state index is 14.3. The summed E-state index contributed by atoms with van der Waals surface area (Å²) in [6.07, 6.45) is 4.61. The zero-order valence-corrected chi connectivity index (χ0v) is 20.8. The molecule has 192 valence electrons. The van der Waals surface area contributed by atoms with Crippen LogP contribution < -0.4 is 5.69 Å².